The molecule has 26 heavy (non-hydrogen) atoms. The molecule has 1 aliphatic carbocycles. The smallest absolute Gasteiger partial charge is 0.400 e. The van der Waals surface area contributed by atoms with Gasteiger partial charge in [-0.1, -0.05) is 13.5 Å². The van der Waals surface area contributed by atoms with Crippen LogP contribution in [0.5, 0.6) is 0 Å². The molecular formula is C19H26F4O3. The maximum Gasteiger partial charge on any atom is 0.400 e. The van der Waals surface area contributed by atoms with Crippen molar-refractivity contribution in [2.75, 3.05) is 19.9 Å². The molecule has 1 aliphatic heterocycles. The SMILES string of the molecule is C=C/C(F)=C\C(=C/CF)OC(F)(F)C1CCC(C2OCC(C)CO2)CC1. The summed E-state index contributed by atoms with van der Waals surface area (Å²) in [7, 11) is 0. The summed E-state index contributed by atoms with van der Waals surface area (Å²) in [6.07, 6.45) is -0.0157. The normalized spacial score (nSPS) is 31.6. The van der Waals surface area contributed by atoms with E-state index in [2.05, 4.69) is 11.3 Å². The predicted octanol–water partition coefficient (Wildman–Crippen LogP) is 5.30. The maximum absolute atomic E-state index is 14.4. The highest BCUT2D eigenvalue weighted by Crippen LogP contribution is 2.42. The Kier molecular flexibility index (Phi) is 7.70. The molecule has 0 atom stereocenters. The molecule has 0 amide bonds. The quantitative estimate of drug-likeness (QED) is 0.342. The fraction of sp³-hybridized carbons (Fsp3) is 0.684. The Balaban J connectivity index is 1.91. The van der Waals surface area contributed by atoms with Crippen LogP contribution in [0.4, 0.5) is 17.6 Å². The number of alkyl halides is 3. The zero-order chi connectivity index (χ0) is 19.2. The zero-order valence-electron chi connectivity index (χ0n) is 14.9. The molecule has 2 aliphatic rings. The van der Waals surface area contributed by atoms with Crippen LogP contribution in [-0.4, -0.2) is 32.3 Å². The van der Waals surface area contributed by atoms with E-state index in [1.165, 1.54) is 0 Å². The molecule has 0 aromatic rings. The van der Waals surface area contributed by atoms with E-state index in [-0.39, 0.29) is 25.0 Å². The molecule has 3 nitrogen and oxygen atoms in total. The molecule has 7 heteroatoms. The van der Waals surface area contributed by atoms with Crippen LogP contribution >= 0.6 is 0 Å². The number of rotatable bonds is 7. The summed E-state index contributed by atoms with van der Waals surface area (Å²) in [5, 5.41) is 0. The van der Waals surface area contributed by atoms with E-state index >= 15 is 0 Å². The lowest BCUT2D eigenvalue weighted by molar-refractivity contribution is -0.264. The van der Waals surface area contributed by atoms with Gasteiger partial charge in [0.05, 0.1) is 19.1 Å². The first kappa shape index (κ1) is 21.0. The average Bonchev–Trinajstić information content (AvgIpc) is 2.62. The third-order valence-electron chi connectivity index (χ3n) is 4.73. The third-order valence-corrected chi connectivity index (χ3v) is 4.73. The van der Waals surface area contributed by atoms with Gasteiger partial charge in [0.1, 0.15) is 18.3 Å². The molecule has 2 fully saturated rings. The summed E-state index contributed by atoms with van der Waals surface area (Å²) in [4.78, 5) is 0. The monoisotopic (exact) mass is 378 g/mol. The number of allylic oxidation sites excluding steroid dienone is 4. The minimum absolute atomic E-state index is 0.0773. The zero-order valence-corrected chi connectivity index (χ0v) is 14.9. The summed E-state index contributed by atoms with van der Waals surface area (Å²) in [6, 6.07) is 0. The highest BCUT2D eigenvalue weighted by atomic mass is 19.3. The summed E-state index contributed by atoms with van der Waals surface area (Å²) in [5.74, 6) is -2.02. The van der Waals surface area contributed by atoms with Gasteiger partial charge in [-0.2, -0.15) is 8.78 Å². The van der Waals surface area contributed by atoms with Crippen LogP contribution in [0.2, 0.25) is 0 Å². The first-order valence-electron chi connectivity index (χ1n) is 8.91. The van der Waals surface area contributed by atoms with Crippen molar-refractivity contribution in [1.29, 1.82) is 0 Å². The maximum atomic E-state index is 14.4. The minimum Gasteiger partial charge on any atom is -0.433 e. The molecule has 148 valence electrons. The molecule has 0 spiro atoms. The Morgan fingerprint density at radius 2 is 1.81 bits per heavy atom. The Hall–Kier alpha value is -1.34. The van der Waals surface area contributed by atoms with E-state index in [1.54, 1.807) is 0 Å². The molecule has 0 aromatic carbocycles. The van der Waals surface area contributed by atoms with Crippen LogP contribution in [0.15, 0.2) is 36.4 Å². The van der Waals surface area contributed by atoms with Crippen molar-refractivity contribution < 1.29 is 31.8 Å². The summed E-state index contributed by atoms with van der Waals surface area (Å²) in [6.45, 7) is 5.40. The predicted molar refractivity (Wildman–Crippen MR) is 89.8 cm³/mol. The van der Waals surface area contributed by atoms with Gasteiger partial charge in [0.2, 0.25) is 0 Å². The standard InChI is InChI=1S/C19H26F4O3/c1-3-16(21)10-17(8-9-20)26-19(22,23)15-6-4-14(5-7-15)18-24-11-13(2)12-25-18/h3,8,10,13-15,18H,1,4-7,9,11-12H2,2H3/b16-10+,17-8+. The topological polar surface area (TPSA) is 27.7 Å². The van der Waals surface area contributed by atoms with Crippen LogP contribution in [-0.2, 0) is 14.2 Å². The Bertz CT molecular complexity index is 517. The van der Waals surface area contributed by atoms with Crippen LogP contribution in [0.3, 0.4) is 0 Å². The first-order valence-corrected chi connectivity index (χ1v) is 8.91. The van der Waals surface area contributed by atoms with Gasteiger partial charge in [0, 0.05) is 17.9 Å². The molecular weight excluding hydrogens is 352 g/mol. The Labute approximate surface area is 151 Å². The van der Waals surface area contributed by atoms with Crippen molar-refractivity contribution >= 4 is 0 Å². The lowest BCUT2D eigenvalue weighted by atomic mass is 9.81. The van der Waals surface area contributed by atoms with Crippen LogP contribution < -0.4 is 0 Å². The van der Waals surface area contributed by atoms with Gasteiger partial charge < -0.3 is 14.2 Å². The largest absolute Gasteiger partial charge is 0.433 e. The molecule has 1 saturated heterocycles. The second-order valence-electron chi connectivity index (χ2n) is 6.91. The molecule has 0 radical (unpaired) electrons. The van der Waals surface area contributed by atoms with Crippen LogP contribution in [0, 0.1) is 17.8 Å². The van der Waals surface area contributed by atoms with Crippen molar-refractivity contribution in [2.24, 2.45) is 17.8 Å². The molecule has 0 unspecified atom stereocenters. The van der Waals surface area contributed by atoms with Crippen LogP contribution in [0.25, 0.3) is 0 Å². The van der Waals surface area contributed by atoms with Gasteiger partial charge in [0.15, 0.2) is 6.29 Å². The van der Waals surface area contributed by atoms with E-state index < -0.39 is 30.3 Å². The second kappa shape index (κ2) is 9.55. The number of hydrogen-bond acceptors (Lipinski definition) is 3. The van der Waals surface area contributed by atoms with Crippen molar-refractivity contribution in [3.05, 3.63) is 36.4 Å². The van der Waals surface area contributed by atoms with Gasteiger partial charge in [0.25, 0.3) is 0 Å². The van der Waals surface area contributed by atoms with E-state index in [9.17, 15) is 17.6 Å². The molecule has 1 saturated carbocycles. The summed E-state index contributed by atoms with van der Waals surface area (Å²) < 4.78 is 70.5. The molecule has 2 rings (SSSR count). The Morgan fingerprint density at radius 1 is 1.19 bits per heavy atom. The fourth-order valence-corrected chi connectivity index (χ4v) is 3.26. The lowest BCUT2D eigenvalue weighted by Gasteiger charge is -2.38. The number of ether oxygens (including phenoxy) is 3. The van der Waals surface area contributed by atoms with Gasteiger partial charge in [-0.05, 0) is 37.8 Å². The highest BCUT2D eigenvalue weighted by molar-refractivity contribution is 5.21. The molecule has 0 N–H and O–H groups in total. The summed E-state index contributed by atoms with van der Waals surface area (Å²) >= 11 is 0. The number of halogens is 4. The van der Waals surface area contributed by atoms with Gasteiger partial charge >= 0.3 is 6.11 Å². The fourth-order valence-electron chi connectivity index (χ4n) is 3.26. The van der Waals surface area contributed by atoms with Crippen molar-refractivity contribution in [3.8, 4) is 0 Å². The van der Waals surface area contributed by atoms with E-state index in [1.807, 2.05) is 6.92 Å². The number of hydrogen-bond donors (Lipinski definition) is 0. The third kappa shape index (κ3) is 5.84. The van der Waals surface area contributed by atoms with E-state index in [0.717, 1.165) is 12.2 Å². The van der Waals surface area contributed by atoms with E-state index in [0.29, 0.717) is 38.0 Å². The Morgan fingerprint density at radius 3 is 2.35 bits per heavy atom. The molecule has 1 heterocycles. The lowest BCUT2D eigenvalue weighted by Crippen LogP contribution is -2.40. The van der Waals surface area contributed by atoms with Gasteiger partial charge in [-0.3, -0.25) is 0 Å². The van der Waals surface area contributed by atoms with Crippen LogP contribution in [0.1, 0.15) is 32.6 Å². The highest BCUT2D eigenvalue weighted by Gasteiger charge is 2.45. The second-order valence-corrected chi connectivity index (χ2v) is 6.91. The average molecular weight is 378 g/mol. The van der Waals surface area contributed by atoms with E-state index in [4.69, 9.17) is 9.47 Å². The molecule has 0 bridgehead atoms. The summed E-state index contributed by atoms with van der Waals surface area (Å²) in [5.41, 5.74) is 0. The van der Waals surface area contributed by atoms with Gasteiger partial charge in [-0.15, -0.1) is 0 Å². The van der Waals surface area contributed by atoms with Gasteiger partial charge in [-0.25, -0.2) is 8.78 Å². The minimum atomic E-state index is -3.51. The first-order chi connectivity index (χ1) is 12.4. The molecule has 0 aromatic heterocycles. The van der Waals surface area contributed by atoms with Crippen molar-refractivity contribution in [2.45, 2.75) is 45.0 Å². The van der Waals surface area contributed by atoms with Crippen molar-refractivity contribution in [3.63, 3.8) is 0 Å². The van der Waals surface area contributed by atoms with Crippen molar-refractivity contribution in [1.82, 2.24) is 0 Å².